The maximum absolute atomic E-state index is 5.93. The number of fused-ring (bicyclic) bond motifs is 1. The summed E-state index contributed by atoms with van der Waals surface area (Å²) in [6, 6.07) is 10.3. The Bertz CT molecular complexity index is 705. The van der Waals surface area contributed by atoms with E-state index in [1.165, 1.54) is 16.0 Å². The lowest BCUT2D eigenvalue weighted by Gasteiger charge is -2.08. The van der Waals surface area contributed by atoms with Gasteiger partial charge >= 0.3 is 0 Å². The maximum Gasteiger partial charge on any atom is 0.183 e. The van der Waals surface area contributed by atoms with Crippen molar-refractivity contribution >= 4 is 27.4 Å². The molecule has 3 nitrogen and oxygen atoms in total. The van der Waals surface area contributed by atoms with Gasteiger partial charge in [-0.15, -0.1) is 11.3 Å². The Hall–Kier alpha value is -1.81. The topological polar surface area (TPSA) is 38.1 Å². The van der Waals surface area contributed by atoms with Crippen molar-refractivity contribution in [3.05, 3.63) is 46.7 Å². The number of aryl methyl sites for hydroxylation is 2. The highest BCUT2D eigenvalue weighted by Crippen LogP contribution is 2.27. The summed E-state index contributed by atoms with van der Waals surface area (Å²) in [6.45, 7) is 7.36. The lowest BCUT2D eigenvalue weighted by molar-refractivity contribution is 0.514. The third-order valence-corrected chi connectivity index (χ3v) is 5.12. The number of rotatable bonds is 6. The minimum Gasteiger partial charge on any atom is -0.461 e. The van der Waals surface area contributed by atoms with E-state index in [0.29, 0.717) is 5.92 Å². The third kappa shape index (κ3) is 3.02. The second-order valence-electron chi connectivity index (χ2n) is 5.56. The van der Waals surface area contributed by atoms with Crippen LogP contribution in [0.3, 0.4) is 0 Å². The summed E-state index contributed by atoms with van der Waals surface area (Å²) in [4.78, 5) is 6.07. The van der Waals surface area contributed by atoms with Crippen LogP contribution < -0.4 is 5.32 Å². The molecule has 3 rings (SSSR count). The van der Waals surface area contributed by atoms with E-state index >= 15 is 0 Å². The van der Waals surface area contributed by atoms with Gasteiger partial charge in [-0.2, -0.15) is 0 Å². The molecule has 1 atom stereocenters. The number of para-hydroxylation sites is 1. The van der Waals surface area contributed by atoms with Gasteiger partial charge < -0.3 is 9.73 Å². The first kappa shape index (κ1) is 15.1. The summed E-state index contributed by atoms with van der Waals surface area (Å²) < 4.78 is 5.93. The summed E-state index contributed by atoms with van der Waals surface area (Å²) in [7, 11) is 0. The first-order chi connectivity index (χ1) is 10.7. The smallest absolute Gasteiger partial charge is 0.183 e. The fraction of sp³-hybridized carbons (Fsp3) is 0.389. The SMILES string of the molecule is CCc1nc(NCC(C)c2cc3ccccc3o2)sc1CC. The van der Waals surface area contributed by atoms with Crippen LogP contribution in [-0.4, -0.2) is 11.5 Å². The zero-order valence-electron chi connectivity index (χ0n) is 13.3. The molecule has 2 aromatic heterocycles. The molecule has 2 heterocycles. The van der Waals surface area contributed by atoms with Crippen molar-refractivity contribution < 1.29 is 4.42 Å². The Balaban J connectivity index is 1.69. The van der Waals surface area contributed by atoms with Gasteiger partial charge in [-0.1, -0.05) is 39.0 Å². The molecule has 0 saturated heterocycles. The van der Waals surface area contributed by atoms with Crippen LogP contribution in [0.25, 0.3) is 11.0 Å². The van der Waals surface area contributed by atoms with Gasteiger partial charge in [0.2, 0.25) is 0 Å². The molecule has 0 aliphatic rings. The van der Waals surface area contributed by atoms with Crippen LogP contribution in [0.5, 0.6) is 0 Å². The van der Waals surface area contributed by atoms with E-state index in [9.17, 15) is 0 Å². The van der Waals surface area contributed by atoms with Crippen LogP contribution in [0.2, 0.25) is 0 Å². The predicted molar refractivity (Wildman–Crippen MR) is 94.0 cm³/mol. The van der Waals surface area contributed by atoms with Crippen LogP contribution in [0, 0.1) is 0 Å². The number of anilines is 1. The van der Waals surface area contributed by atoms with Gasteiger partial charge in [-0.3, -0.25) is 0 Å². The summed E-state index contributed by atoms with van der Waals surface area (Å²) in [5.74, 6) is 1.34. The average Bonchev–Trinajstić information content (AvgIpc) is 3.15. The van der Waals surface area contributed by atoms with Gasteiger partial charge in [0, 0.05) is 22.7 Å². The number of aromatic nitrogens is 1. The zero-order valence-corrected chi connectivity index (χ0v) is 14.2. The first-order valence-electron chi connectivity index (χ1n) is 7.92. The maximum atomic E-state index is 5.93. The minimum absolute atomic E-state index is 0.312. The Morgan fingerprint density at radius 2 is 2.05 bits per heavy atom. The molecule has 1 aromatic carbocycles. The van der Waals surface area contributed by atoms with E-state index in [-0.39, 0.29) is 0 Å². The van der Waals surface area contributed by atoms with Crippen molar-refractivity contribution in [3.8, 4) is 0 Å². The number of hydrogen-bond donors (Lipinski definition) is 1. The minimum atomic E-state index is 0.312. The molecule has 116 valence electrons. The van der Waals surface area contributed by atoms with Gasteiger partial charge in [0.05, 0.1) is 5.69 Å². The lowest BCUT2D eigenvalue weighted by Crippen LogP contribution is -2.09. The molecular formula is C18H22N2OS. The van der Waals surface area contributed by atoms with Gasteiger partial charge in [-0.05, 0) is 25.0 Å². The molecule has 0 saturated carbocycles. The van der Waals surface area contributed by atoms with E-state index in [1.807, 2.05) is 18.2 Å². The molecule has 0 amide bonds. The highest BCUT2D eigenvalue weighted by Gasteiger charge is 2.13. The molecule has 0 bridgehead atoms. The van der Waals surface area contributed by atoms with Crippen molar-refractivity contribution in [2.45, 2.75) is 39.5 Å². The molecular weight excluding hydrogens is 292 g/mol. The Morgan fingerprint density at radius 3 is 2.73 bits per heavy atom. The second-order valence-corrected chi connectivity index (χ2v) is 6.65. The third-order valence-electron chi connectivity index (χ3n) is 3.92. The van der Waals surface area contributed by atoms with Crippen LogP contribution in [-0.2, 0) is 12.8 Å². The van der Waals surface area contributed by atoms with Crippen LogP contribution >= 0.6 is 11.3 Å². The predicted octanol–water partition coefficient (Wildman–Crippen LogP) is 5.23. The number of hydrogen-bond acceptors (Lipinski definition) is 4. The monoisotopic (exact) mass is 314 g/mol. The van der Waals surface area contributed by atoms with Gasteiger partial charge in [0.25, 0.3) is 0 Å². The largest absolute Gasteiger partial charge is 0.461 e. The number of thiazole rings is 1. The lowest BCUT2D eigenvalue weighted by atomic mass is 10.1. The molecule has 3 aromatic rings. The molecule has 1 N–H and O–H groups in total. The molecule has 1 unspecified atom stereocenters. The zero-order chi connectivity index (χ0) is 15.5. The molecule has 0 radical (unpaired) electrons. The van der Waals surface area contributed by atoms with Crippen LogP contribution in [0.4, 0.5) is 5.13 Å². The van der Waals surface area contributed by atoms with Crippen LogP contribution in [0.15, 0.2) is 34.7 Å². The van der Waals surface area contributed by atoms with Crippen LogP contribution in [0.1, 0.15) is 43.0 Å². The number of nitrogens with one attached hydrogen (secondary N) is 1. The second kappa shape index (κ2) is 6.53. The Labute approximate surface area is 135 Å². The van der Waals surface area contributed by atoms with E-state index in [4.69, 9.17) is 4.42 Å². The fourth-order valence-corrected chi connectivity index (χ4v) is 3.59. The van der Waals surface area contributed by atoms with E-state index in [2.05, 4.69) is 43.2 Å². The molecule has 0 spiro atoms. The normalized spacial score (nSPS) is 12.7. The fourth-order valence-electron chi connectivity index (χ4n) is 2.60. The van der Waals surface area contributed by atoms with E-state index < -0.39 is 0 Å². The summed E-state index contributed by atoms with van der Waals surface area (Å²) in [5.41, 5.74) is 2.19. The molecule has 0 aliphatic heterocycles. The van der Waals surface area contributed by atoms with Gasteiger partial charge in [-0.25, -0.2) is 4.98 Å². The Morgan fingerprint density at radius 1 is 1.23 bits per heavy atom. The molecule has 4 heteroatoms. The van der Waals surface area contributed by atoms with E-state index in [1.54, 1.807) is 11.3 Å². The molecule has 0 aliphatic carbocycles. The quantitative estimate of drug-likeness (QED) is 0.677. The van der Waals surface area contributed by atoms with Crippen molar-refractivity contribution in [2.24, 2.45) is 0 Å². The average molecular weight is 314 g/mol. The van der Waals surface area contributed by atoms with Gasteiger partial charge in [0.1, 0.15) is 11.3 Å². The standard InChI is InChI=1S/C18H22N2OS/c1-4-14-17(5-2)22-18(20-14)19-11-12(3)16-10-13-8-6-7-9-15(13)21-16/h6-10,12H,4-5,11H2,1-3H3,(H,19,20). The van der Waals surface area contributed by atoms with Gasteiger partial charge in [0.15, 0.2) is 5.13 Å². The van der Waals surface area contributed by atoms with Crippen molar-refractivity contribution in [3.63, 3.8) is 0 Å². The summed E-state index contributed by atoms with van der Waals surface area (Å²) >= 11 is 1.77. The van der Waals surface area contributed by atoms with E-state index in [0.717, 1.165) is 35.9 Å². The highest BCUT2D eigenvalue weighted by atomic mass is 32.1. The van der Waals surface area contributed by atoms with Crippen molar-refractivity contribution in [2.75, 3.05) is 11.9 Å². The molecule has 22 heavy (non-hydrogen) atoms. The Kier molecular flexibility index (Phi) is 4.48. The summed E-state index contributed by atoms with van der Waals surface area (Å²) in [5, 5.41) is 5.66. The number of benzene rings is 1. The number of nitrogens with zero attached hydrogens (tertiary/aromatic N) is 1. The number of furan rings is 1. The van der Waals surface area contributed by atoms with Crippen molar-refractivity contribution in [1.29, 1.82) is 0 Å². The first-order valence-corrected chi connectivity index (χ1v) is 8.73. The highest BCUT2D eigenvalue weighted by molar-refractivity contribution is 7.15. The molecule has 0 fully saturated rings. The summed E-state index contributed by atoms with van der Waals surface area (Å²) in [6.07, 6.45) is 2.06. The van der Waals surface area contributed by atoms with Crippen molar-refractivity contribution in [1.82, 2.24) is 4.98 Å².